The molecule has 1 aromatic carbocycles. The topological polar surface area (TPSA) is 43.8 Å². The molecule has 0 fully saturated rings. The third-order valence-corrected chi connectivity index (χ3v) is 3.70. The lowest BCUT2D eigenvalue weighted by atomic mass is 10.2. The molecule has 3 rings (SSSR count). The molecule has 3 aromatic rings. The van der Waals surface area contributed by atoms with Crippen LogP contribution in [0, 0.1) is 0 Å². The predicted molar refractivity (Wildman–Crippen MR) is 78.3 cm³/mol. The smallest absolute Gasteiger partial charge is 0.0868 e. The predicted octanol–water partition coefficient (Wildman–Crippen LogP) is 3.59. The molecule has 0 spiro atoms. The zero-order valence-corrected chi connectivity index (χ0v) is 11.5. The van der Waals surface area contributed by atoms with Crippen molar-refractivity contribution in [2.75, 3.05) is 5.73 Å². The van der Waals surface area contributed by atoms with Crippen LogP contribution in [0.4, 0.5) is 5.69 Å². The van der Waals surface area contributed by atoms with Crippen molar-refractivity contribution in [3.8, 4) is 11.4 Å². The van der Waals surface area contributed by atoms with Crippen molar-refractivity contribution < 1.29 is 0 Å². The van der Waals surface area contributed by atoms with E-state index in [-0.39, 0.29) is 0 Å². The van der Waals surface area contributed by atoms with Crippen LogP contribution in [0.25, 0.3) is 22.3 Å². The molecule has 0 aliphatic rings. The minimum atomic E-state index is 0.679. The molecule has 0 aliphatic heterocycles. The van der Waals surface area contributed by atoms with E-state index in [9.17, 15) is 0 Å². The summed E-state index contributed by atoms with van der Waals surface area (Å²) in [7, 11) is 2.04. The first kappa shape index (κ1) is 11.3. The van der Waals surface area contributed by atoms with Crippen molar-refractivity contribution in [3.05, 3.63) is 47.1 Å². The highest BCUT2D eigenvalue weighted by atomic mass is 79.9. The summed E-state index contributed by atoms with van der Waals surface area (Å²) < 4.78 is 3.22. The van der Waals surface area contributed by atoms with Gasteiger partial charge in [0.2, 0.25) is 0 Å². The van der Waals surface area contributed by atoms with E-state index in [2.05, 4.69) is 37.6 Å². The second kappa shape index (κ2) is 4.14. The van der Waals surface area contributed by atoms with E-state index in [1.54, 1.807) is 6.20 Å². The Morgan fingerprint density at radius 3 is 2.72 bits per heavy atom. The average molecular weight is 302 g/mol. The van der Waals surface area contributed by atoms with Gasteiger partial charge in [-0.25, -0.2) is 0 Å². The van der Waals surface area contributed by atoms with E-state index in [1.807, 2.05) is 31.3 Å². The molecular weight excluding hydrogens is 290 g/mol. The van der Waals surface area contributed by atoms with Crippen molar-refractivity contribution in [3.63, 3.8) is 0 Å². The molecule has 3 nitrogen and oxygen atoms in total. The summed E-state index contributed by atoms with van der Waals surface area (Å²) in [6.45, 7) is 0. The Balaban J connectivity index is 2.27. The van der Waals surface area contributed by atoms with Crippen molar-refractivity contribution >= 4 is 32.5 Å². The summed E-state index contributed by atoms with van der Waals surface area (Å²) in [4.78, 5) is 4.37. The maximum absolute atomic E-state index is 5.67. The number of hydrogen-bond donors (Lipinski definition) is 1. The number of halogens is 1. The van der Waals surface area contributed by atoms with Crippen LogP contribution in [0.1, 0.15) is 0 Å². The molecule has 0 radical (unpaired) electrons. The quantitative estimate of drug-likeness (QED) is 0.746. The molecule has 4 heteroatoms. The third kappa shape index (κ3) is 1.69. The highest BCUT2D eigenvalue weighted by Crippen LogP contribution is 2.30. The molecule has 0 saturated heterocycles. The molecule has 0 saturated carbocycles. The van der Waals surface area contributed by atoms with Crippen LogP contribution in [-0.2, 0) is 7.05 Å². The number of aromatic nitrogens is 2. The van der Waals surface area contributed by atoms with Crippen LogP contribution >= 0.6 is 15.9 Å². The molecule has 0 aliphatic carbocycles. The van der Waals surface area contributed by atoms with Crippen LogP contribution in [0.15, 0.2) is 47.1 Å². The second-order valence-corrected chi connectivity index (χ2v) is 5.10. The third-order valence-electron chi connectivity index (χ3n) is 3.06. The molecule has 2 heterocycles. The van der Waals surface area contributed by atoms with Crippen LogP contribution in [0.2, 0.25) is 0 Å². The van der Waals surface area contributed by atoms with E-state index in [0.717, 1.165) is 15.9 Å². The molecule has 2 N–H and O–H groups in total. The summed E-state index contributed by atoms with van der Waals surface area (Å²) in [6, 6.07) is 12.1. The van der Waals surface area contributed by atoms with Gasteiger partial charge in [-0.3, -0.25) is 4.98 Å². The fourth-order valence-electron chi connectivity index (χ4n) is 2.17. The monoisotopic (exact) mass is 301 g/mol. The Kier molecular flexibility index (Phi) is 2.59. The standard InChI is InChI=1S/C14H12BrN3/c1-18-13(12-6-5-10(16)8-17-12)7-9-3-2-4-11(15)14(9)18/h2-8H,16H2,1H3. The average Bonchev–Trinajstić information content (AvgIpc) is 2.69. The molecule has 0 amide bonds. The Hall–Kier alpha value is -1.81. The highest BCUT2D eigenvalue weighted by Gasteiger charge is 2.10. The first-order valence-electron chi connectivity index (χ1n) is 5.62. The molecule has 0 atom stereocenters. The van der Waals surface area contributed by atoms with Gasteiger partial charge in [0, 0.05) is 16.9 Å². The van der Waals surface area contributed by atoms with Gasteiger partial charge >= 0.3 is 0 Å². The lowest BCUT2D eigenvalue weighted by Crippen LogP contribution is -1.94. The maximum Gasteiger partial charge on any atom is 0.0868 e. The van der Waals surface area contributed by atoms with Gasteiger partial charge in [-0.2, -0.15) is 0 Å². The Morgan fingerprint density at radius 2 is 2.06 bits per heavy atom. The van der Waals surface area contributed by atoms with Gasteiger partial charge in [0.1, 0.15) is 0 Å². The maximum atomic E-state index is 5.67. The number of benzene rings is 1. The number of fused-ring (bicyclic) bond motifs is 1. The first-order chi connectivity index (χ1) is 8.66. The fraction of sp³-hybridized carbons (Fsp3) is 0.0714. The van der Waals surface area contributed by atoms with Crippen LogP contribution in [0.3, 0.4) is 0 Å². The minimum absolute atomic E-state index is 0.679. The van der Waals surface area contributed by atoms with Gasteiger partial charge in [-0.05, 0) is 40.2 Å². The normalized spacial score (nSPS) is 11.0. The lowest BCUT2D eigenvalue weighted by Gasteiger charge is -2.04. The van der Waals surface area contributed by atoms with Crippen molar-refractivity contribution in [1.29, 1.82) is 0 Å². The molecule has 2 aromatic heterocycles. The van der Waals surface area contributed by atoms with E-state index < -0.39 is 0 Å². The molecule has 0 unspecified atom stereocenters. The van der Waals surface area contributed by atoms with Gasteiger partial charge in [-0.15, -0.1) is 0 Å². The van der Waals surface area contributed by atoms with Crippen LogP contribution in [-0.4, -0.2) is 9.55 Å². The van der Waals surface area contributed by atoms with Gasteiger partial charge in [0.05, 0.1) is 28.8 Å². The number of hydrogen-bond acceptors (Lipinski definition) is 2. The molecule has 90 valence electrons. The number of anilines is 1. The van der Waals surface area contributed by atoms with Crippen LogP contribution < -0.4 is 5.73 Å². The van der Waals surface area contributed by atoms with E-state index >= 15 is 0 Å². The van der Waals surface area contributed by atoms with Gasteiger partial charge < -0.3 is 10.3 Å². The summed E-state index contributed by atoms with van der Waals surface area (Å²) in [5, 5.41) is 1.19. The number of nitrogen functional groups attached to an aromatic ring is 1. The molecule has 0 bridgehead atoms. The van der Waals surface area contributed by atoms with Gasteiger partial charge in [0.15, 0.2) is 0 Å². The number of rotatable bonds is 1. The van der Waals surface area contributed by atoms with Crippen LogP contribution in [0.5, 0.6) is 0 Å². The zero-order chi connectivity index (χ0) is 12.7. The summed E-state index contributed by atoms with van der Waals surface area (Å²) >= 11 is 3.58. The highest BCUT2D eigenvalue weighted by molar-refractivity contribution is 9.10. The number of nitrogens with zero attached hydrogens (tertiary/aromatic N) is 2. The fourth-order valence-corrected chi connectivity index (χ4v) is 2.82. The summed E-state index contributed by atoms with van der Waals surface area (Å²) in [6.07, 6.45) is 1.68. The zero-order valence-electron chi connectivity index (χ0n) is 9.89. The van der Waals surface area contributed by atoms with E-state index in [1.165, 1.54) is 10.9 Å². The van der Waals surface area contributed by atoms with Crippen molar-refractivity contribution in [2.24, 2.45) is 7.05 Å². The van der Waals surface area contributed by atoms with E-state index in [4.69, 9.17) is 5.73 Å². The number of pyridine rings is 1. The van der Waals surface area contributed by atoms with Gasteiger partial charge in [0.25, 0.3) is 0 Å². The Morgan fingerprint density at radius 1 is 1.22 bits per heavy atom. The summed E-state index contributed by atoms with van der Waals surface area (Å²) in [5.74, 6) is 0. The van der Waals surface area contributed by atoms with E-state index in [0.29, 0.717) is 5.69 Å². The van der Waals surface area contributed by atoms with Gasteiger partial charge in [-0.1, -0.05) is 12.1 Å². The Labute approximate surface area is 113 Å². The number of nitrogens with two attached hydrogens (primary N) is 1. The molecule has 18 heavy (non-hydrogen) atoms. The Bertz CT molecular complexity index is 714. The minimum Gasteiger partial charge on any atom is -0.397 e. The number of aryl methyl sites for hydroxylation is 1. The number of para-hydroxylation sites is 1. The lowest BCUT2D eigenvalue weighted by molar-refractivity contribution is 0.968. The SMILES string of the molecule is Cn1c(-c2ccc(N)cn2)cc2cccc(Br)c21. The second-order valence-electron chi connectivity index (χ2n) is 4.24. The molecular formula is C14H12BrN3. The largest absolute Gasteiger partial charge is 0.397 e. The first-order valence-corrected chi connectivity index (χ1v) is 6.42. The summed E-state index contributed by atoms with van der Waals surface area (Å²) in [5.41, 5.74) is 9.52. The van der Waals surface area contributed by atoms with Crippen molar-refractivity contribution in [1.82, 2.24) is 9.55 Å². The van der Waals surface area contributed by atoms with Crippen molar-refractivity contribution in [2.45, 2.75) is 0 Å².